The second-order valence-corrected chi connectivity index (χ2v) is 6.65. The Labute approximate surface area is 143 Å². The number of ketones is 2. The first kappa shape index (κ1) is 16.2. The van der Waals surface area contributed by atoms with Crippen LogP contribution in [0.15, 0.2) is 42.5 Å². The van der Waals surface area contributed by atoms with Gasteiger partial charge in [0.05, 0.1) is 11.1 Å². The number of allylic oxidation sites excluding steroid dienone is 2. The highest BCUT2D eigenvalue weighted by atomic mass is 32.1. The highest BCUT2D eigenvalue weighted by molar-refractivity contribution is 7.24. The Hall–Kier alpha value is -2.66. The summed E-state index contributed by atoms with van der Waals surface area (Å²) in [5, 5.41) is 18.7. The number of carbonyl (C=O) groups excluding carboxylic acids is 2. The fourth-order valence-corrected chi connectivity index (χ4v) is 3.73. The minimum absolute atomic E-state index is 0.127. The lowest BCUT2D eigenvalue weighted by Gasteiger charge is -2.11. The number of rotatable bonds is 2. The maximum atomic E-state index is 11.3. The maximum absolute atomic E-state index is 11.3. The van der Waals surface area contributed by atoms with Gasteiger partial charge in [-0.2, -0.15) is 0 Å². The van der Waals surface area contributed by atoms with Crippen molar-refractivity contribution in [1.29, 1.82) is 0 Å². The van der Waals surface area contributed by atoms with E-state index in [1.807, 2.05) is 11.3 Å². The van der Waals surface area contributed by atoms with Crippen molar-refractivity contribution in [3.05, 3.63) is 59.2 Å². The zero-order valence-corrected chi connectivity index (χ0v) is 13.9. The molecule has 0 amide bonds. The number of hydrogen-bond donors (Lipinski definition) is 2. The molecule has 2 N–H and O–H groups in total. The Bertz CT molecular complexity index is 893. The fraction of sp³-hybridized carbons (Fsp3) is 0.158. The van der Waals surface area contributed by atoms with Gasteiger partial charge in [-0.25, -0.2) is 0 Å². The van der Waals surface area contributed by atoms with Crippen LogP contribution in [0.1, 0.15) is 39.6 Å². The molecular weight excluding hydrogens is 324 g/mol. The predicted molar refractivity (Wildman–Crippen MR) is 94.6 cm³/mol. The number of aryl methyl sites for hydroxylation is 1. The third kappa shape index (κ3) is 2.90. The highest BCUT2D eigenvalue weighted by Gasteiger charge is 2.25. The standard InChI is InChI=1S/C10H6O4.C9H10S/c11-5-1-2-6(12)10-8(14)4-3-7(13)9(5)10;1-2-3-7-6-8-4-5-9(7)10-8/h1-4,11-12H;4-6H,2-3H2,1H3. The number of aromatic hydroxyl groups is 2. The summed E-state index contributed by atoms with van der Waals surface area (Å²) in [5.41, 5.74) is 1.29. The van der Waals surface area contributed by atoms with Crippen LogP contribution in [0, 0.1) is 0 Å². The third-order valence-corrected chi connectivity index (χ3v) is 4.93. The van der Waals surface area contributed by atoms with Crippen LogP contribution in [-0.4, -0.2) is 21.8 Å². The van der Waals surface area contributed by atoms with Crippen molar-refractivity contribution >= 4 is 32.3 Å². The van der Waals surface area contributed by atoms with Gasteiger partial charge in [0.25, 0.3) is 0 Å². The van der Waals surface area contributed by atoms with Crippen LogP contribution < -0.4 is 0 Å². The molecule has 1 aliphatic carbocycles. The van der Waals surface area contributed by atoms with Gasteiger partial charge in [-0.15, -0.1) is 11.3 Å². The average molecular weight is 340 g/mol. The molecule has 0 fully saturated rings. The number of benzene rings is 2. The molecule has 122 valence electrons. The number of thiophene rings is 2. The molecule has 4 rings (SSSR count). The number of hydrogen-bond acceptors (Lipinski definition) is 5. The van der Waals surface area contributed by atoms with Crippen molar-refractivity contribution in [3.63, 3.8) is 0 Å². The smallest absolute Gasteiger partial charge is 0.190 e. The first-order chi connectivity index (χ1) is 11.5. The molecule has 0 radical (unpaired) electrons. The van der Waals surface area contributed by atoms with Gasteiger partial charge in [0, 0.05) is 9.40 Å². The van der Waals surface area contributed by atoms with E-state index in [-0.39, 0.29) is 22.6 Å². The minimum atomic E-state index is -0.479. The summed E-state index contributed by atoms with van der Waals surface area (Å²) in [7, 11) is 0. The van der Waals surface area contributed by atoms with Crippen molar-refractivity contribution in [2.24, 2.45) is 0 Å². The van der Waals surface area contributed by atoms with E-state index < -0.39 is 11.6 Å². The van der Waals surface area contributed by atoms with E-state index in [4.69, 9.17) is 0 Å². The average Bonchev–Trinajstić information content (AvgIpc) is 3.17. The van der Waals surface area contributed by atoms with Crippen molar-refractivity contribution in [1.82, 2.24) is 0 Å². The maximum Gasteiger partial charge on any atom is 0.190 e. The molecule has 0 atom stereocenters. The van der Waals surface area contributed by atoms with Gasteiger partial charge in [-0.3, -0.25) is 9.59 Å². The van der Waals surface area contributed by atoms with Gasteiger partial charge >= 0.3 is 0 Å². The Balaban J connectivity index is 0.000000149. The SMILES string of the molecule is CCCc1cc2ccc1s2.O=C1C=CC(=O)c2c(O)ccc(O)c21. The van der Waals surface area contributed by atoms with Crippen LogP contribution in [-0.2, 0) is 6.42 Å². The van der Waals surface area contributed by atoms with E-state index in [1.165, 1.54) is 34.4 Å². The van der Waals surface area contributed by atoms with E-state index in [0.29, 0.717) is 0 Å². The number of phenols is 2. The summed E-state index contributed by atoms with van der Waals surface area (Å²) in [6.07, 6.45) is 4.65. The molecule has 2 aromatic heterocycles. The molecule has 1 aliphatic rings. The number of fused-ring (bicyclic) bond motifs is 3. The van der Waals surface area contributed by atoms with Crippen LogP contribution >= 0.6 is 11.3 Å². The summed E-state index contributed by atoms with van der Waals surface area (Å²) < 4.78 is 2.91. The lowest BCUT2D eigenvalue weighted by Crippen LogP contribution is -2.11. The van der Waals surface area contributed by atoms with E-state index in [1.54, 1.807) is 5.56 Å². The first-order valence-corrected chi connectivity index (χ1v) is 8.45. The topological polar surface area (TPSA) is 74.6 Å². The monoisotopic (exact) mass is 340 g/mol. The van der Waals surface area contributed by atoms with Crippen LogP contribution in [0.5, 0.6) is 11.5 Å². The summed E-state index contributed by atoms with van der Waals surface area (Å²) >= 11 is 1.91. The van der Waals surface area contributed by atoms with Crippen LogP contribution in [0.3, 0.4) is 0 Å². The second-order valence-electron chi connectivity index (χ2n) is 5.54. The van der Waals surface area contributed by atoms with Gasteiger partial charge in [0.15, 0.2) is 11.6 Å². The molecule has 0 saturated carbocycles. The molecule has 3 aromatic rings. The fourth-order valence-electron chi connectivity index (χ4n) is 2.71. The minimum Gasteiger partial charge on any atom is -0.507 e. The summed E-state index contributed by atoms with van der Waals surface area (Å²) in [5.74, 6) is -1.54. The van der Waals surface area contributed by atoms with Crippen molar-refractivity contribution in [3.8, 4) is 11.5 Å². The molecule has 0 aliphatic heterocycles. The van der Waals surface area contributed by atoms with Crippen LogP contribution in [0.2, 0.25) is 0 Å². The Morgan fingerprint density at radius 3 is 1.92 bits per heavy atom. The summed E-state index contributed by atoms with van der Waals surface area (Å²) in [6, 6.07) is 9.09. The molecule has 2 heterocycles. The zero-order chi connectivity index (χ0) is 17.3. The quantitative estimate of drug-likeness (QED) is 0.681. The van der Waals surface area contributed by atoms with Gasteiger partial charge in [0.1, 0.15) is 11.5 Å². The van der Waals surface area contributed by atoms with Crippen molar-refractivity contribution in [2.75, 3.05) is 0 Å². The van der Waals surface area contributed by atoms with Gasteiger partial charge in [-0.1, -0.05) is 13.3 Å². The number of carbonyl (C=O) groups is 2. The molecule has 24 heavy (non-hydrogen) atoms. The molecule has 5 heteroatoms. The highest BCUT2D eigenvalue weighted by Crippen LogP contribution is 2.32. The Kier molecular flexibility index (Phi) is 4.36. The van der Waals surface area contributed by atoms with E-state index >= 15 is 0 Å². The Morgan fingerprint density at radius 1 is 0.917 bits per heavy atom. The van der Waals surface area contributed by atoms with Gasteiger partial charge in [0.2, 0.25) is 0 Å². The Morgan fingerprint density at radius 2 is 1.50 bits per heavy atom. The summed E-state index contributed by atoms with van der Waals surface area (Å²) in [4.78, 5) is 22.6. The second kappa shape index (κ2) is 6.45. The number of phenolic OH excluding ortho intramolecular Hbond substituents is 2. The van der Waals surface area contributed by atoms with E-state index in [2.05, 4.69) is 25.1 Å². The molecular formula is C19H16O4S. The van der Waals surface area contributed by atoms with Crippen LogP contribution in [0.4, 0.5) is 0 Å². The predicted octanol–water partition coefficient (Wildman–Crippen LogP) is 4.32. The van der Waals surface area contributed by atoms with Crippen molar-refractivity contribution in [2.45, 2.75) is 19.8 Å². The van der Waals surface area contributed by atoms with Crippen LogP contribution in [0.25, 0.3) is 9.40 Å². The lowest BCUT2D eigenvalue weighted by atomic mass is 9.93. The van der Waals surface area contributed by atoms with E-state index in [0.717, 1.165) is 12.2 Å². The van der Waals surface area contributed by atoms with Gasteiger partial charge < -0.3 is 10.2 Å². The molecule has 2 bridgehead atoms. The lowest BCUT2D eigenvalue weighted by molar-refractivity contribution is 0.0989. The molecule has 0 saturated heterocycles. The molecule has 4 nitrogen and oxygen atoms in total. The van der Waals surface area contributed by atoms with E-state index in [9.17, 15) is 19.8 Å². The third-order valence-electron chi connectivity index (χ3n) is 3.82. The first-order valence-electron chi connectivity index (χ1n) is 7.63. The zero-order valence-electron chi connectivity index (χ0n) is 13.1. The molecule has 0 unspecified atom stereocenters. The normalized spacial score (nSPS) is 13.0. The molecule has 0 spiro atoms. The van der Waals surface area contributed by atoms with Gasteiger partial charge in [-0.05, 0) is 54.5 Å². The van der Waals surface area contributed by atoms with Crippen molar-refractivity contribution < 1.29 is 19.8 Å². The molecule has 1 aromatic carbocycles. The largest absolute Gasteiger partial charge is 0.507 e. The summed E-state index contributed by atoms with van der Waals surface area (Å²) in [6.45, 7) is 2.23.